The van der Waals surface area contributed by atoms with E-state index in [-0.39, 0.29) is 12.1 Å². The van der Waals surface area contributed by atoms with Crippen LogP contribution in [0.1, 0.15) is 27.7 Å². The number of hydrogen-bond donors (Lipinski definition) is 0. The zero-order valence-corrected chi connectivity index (χ0v) is 16.5. The first-order valence-corrected chi connectivity index (χ1v) is 9.87. The van der Waals surface area contributed by atoms with E-state index in [1.165, 1.54) is 16.6 Å². The minimum Gasteiger partial charge on any atom is -0.444 e. The van der Waals surface area contributed by atoms with Crippen LogP contribution in [0.3, 0.4) is 0 Å². The molecule has 0 spiro atoms. The molecule has 1 atom stereocenters. The zero-order valence-electron chi connectivity index (χ0n) is 15.7. The third-order valence-electron chi connectivity index (χ3n) is 4.45. The number of benzene rings is 1. The highest BCUT2D eigenvalue weighted by molar-refractivity contribution is 7.97. The Morgan fingerprint density at radius 1 is 1.24 bits per heavy atom. The number of carbonyl (C=O) groups excluding carboxylic acids is 1. The first-order valence-electron chi connectivity index (χ1n) is 8.68. The van der Waals surface area contributed by atoms with Crippen molar-refractivity contribution in [2.24, 2.45) is 0 Å². The number of hydrogen-bond acceptors (Lipinski definition) is 4. The van der Waals surface area contributed by atoms with Crippen LogP contribution < -0.4 is 4.90 Å². The molecule has 0 bridgehead atoms. The van der Waals surface area contributed by atoms with Gasteiger partial charge in [-0.15, -0.1) is 0 Å². The van der Waals surface area contributed by atoms with Crippen LogP contribution in [0.5, 0.6) is 0 Å². The summed E-state index contributed by atoms with van der Waals surface area (Å²) < 4.78 is 7.67. The first-order chi connectivity index (χ1) is 11.8. The lowest BCUT2D eigenvalue weighted by atomic mass is 10.1. The van der Waals surface area contributed by atoms with Gasteiger partial charge >= 0.3 is 6.09 Å². The Hall–Kier alpha value is -1.82. The quantitative estimate of drug-likeness (QED) is 0.803. The Labute approximate surface area is 154 Å². The summed E-state index contributed by atoms with van der Waals surface area (Å²) >= 11 is 1.70. The maximum atomic E-state index is 12.3. The summed E-state index contributed by atoms with van der Waals surface area (Å²) in [5.41, 5.74) is 1.99. The van der Waals surface area contributed by atoms with Crippen LogP contribution in [-0.2, 0) is 4.74 Å². The normalized spacial score (nSPS) is 18.7. The average Bonchev–Trinajstić information content (AvgIpc) is 2.95. The van der Waals surface area contributed by atoms with Crippen molar-refractivity contribution in [1.82, 2.24) is 8.87 Å². The van der Waals surface area contributed by atoms with Crippen molar-refractivity contribution < 1.29 is 9.53 Å². The van der Waals surface area contributed by atoms with Gasteiger partial charge in [-0.2, -0.15) is 0 Å². The number of fused-ring (bicyclic) bond motifs is 1. The lowest BCUT2D eigenvalue weighted by molar-refractivity contribution is 0.0219. The Bertz CT molecular complexity index is 766. The number of amides is 1. The fraction of sp³-hybridized carbons (Fsp3) is 0.526. The third kappa shape index (κ3) is 3.89. The van der Waals surface area contributed by atoms with Crippen LogP contribution in [0.4, 0.5) is 10.5 Å². The molecule has 1 aromatic heterocycles. The average molecular weight is 362 g/mol. The molecule has 25 heavy (non-hydrogen) atoms. The van der Waals surface area contributed by atoms with Crippen molar-refractivity contribution in [3.05, 3.63) is 30.5 Å². The summed E-state index contributed by atoms with van der Waals surface area (Å²) in [5, 5.41) is 1.24. The molecule has 136 valence electrons. The van der Waals surface area contributed by atoms with E-state index < -0.39 is 5.60 Å². The molecule has 1 aliphatic heterocycles. The second-order valence-electron chi connectivity index (χ2n) is 7.54. The number of ether oxygens (including phenoxy) is 1. The van der Waals surface area contributed by atoms with E-state index in [2.05, 4.69) is 52.5 Å². The van der Waals surface area contributed by atoms with E-state index in [4.69, 9.17) is 4.74 Å². The van der Waals surface area contributed by atoms with E-state index in [0.29, 0.717) is 13.1 Å². The molecule has 6 heteroatoms. The second kappa shape index (κ2) is 6.83. The summed E-state index contributed by atoms with van der Waals surface area (Å²) in [4.78, 5) is 16.5. The minimum atomic E-state index is -0.451. The molecule has 1 saturated heterocycles. The van der Waals surface area contributed by atoms with Crippen molar-refractivity contribution in [3.8, 4) is 0 Å². The summed E-state index contributed by atoms with van der Waals surface area (Å²) in [6.07, 6.45) is 3.96. The van der Waals surface area contributed by atoms with E-state index in [0.717, 1.165) is 6.54 Å². The Balaban J connectivity index is 1.72. The van der Waals surface area contributed by atoms with Crippen LogP contribution in [0.25, 0.3) is 10.9 Å². The predicted molar refractivity (Wildman–Crippen MR) is 105 cm³/mol. The van der Waals surface area contributed by atoms with E-state index >= 15 is 0 Å². The van der Waals surface area contributed by atoms with Crippen LogP contribution in [-0.4, -0.2) is 52.5 Å². The molecule has 1 fully saturated rings. The molecule has 2 aromatic rings. The van der Waals surface area contributed by atoms with E-state index in [1.807, 2.05) is 25.7 Å². The molecule has 1 aromatic carbocycles. The SMILES string of the molecule is CSn1ccc2cc(N3CCN(C(=O)OC(C)(C)C)C[C@@H]3C)ccc21. The Morgan fingerprint density at radius 3 is 2.64 bits per heavy atom. The van der Waals surface area contributed by atoms with E-state index in [1.54, 1.807) is 11.9 Å². The van der Waals surface area contributed by atoms with Gasteiger partial charge in [0.15, 0.2) is 0 Å². The number of aromatic nitrogens is 1. The van der Waals surface area contributed by atoms with Crippen molar-refractivity contribution >= 4 is 34.6 Å². The molecule has 0 saturated carbocycles. The van der Waals surface area contributed by atoms with Crippen LogP contribution in [0.15, 0.2) is 30.5 Å². The molecule has 0 radical (unpaired) electrons. The van der Waals surface area contributed by atoms with Crippen LogP contribution in [0, 0.1) is 0 Å². The molecule has 0 unspecified atom stereocenters. The molecule has 1 amide bonds. The first kappa shape index (κ1) is 18.0. The monoisotopic (exact) mass is 361 g/mol. The van der Waals surface area contributed by atoms with Gasteiger partial charge < -0.3 is 14.5 Å². The van der Waals surface area contributed by atoms with Crippen molar-refractivity contribution in [2.45, 2.75) is 39.3 Å². The molecule has 3 rings (SSSR count). The minimum absolute atomic E-state index is 0.216. The third-order valence-corrected chi connectivity index (χ3v) is 5.16. The second-order valence-corrected chi connectivity index (χ2v) is 8.29. The standard InChI is InChI=1S/C19H27N3O2S/c1-14-13-20(18(23)24-19(2,3)4)10-11-21(14)16-6-7-17-15(12-16)8-9-22(17)25-5/h6-9,12,14H,10-11,13H2,1-5H3/t14-/m0/s1. The van der Waals surface area contributed by atoms with Crippen molar-refractivity contribution in [3.63, 3.8) is 0 Å². The van der Waals surface area contributed by atoms with Gasteiger partial charge in [-0.3, -0.25) is 3.97 Å². The van der Waals surface area contributed by atoms with Crippen molar-refractivity contribution in [2.75, 3.05) is 30.8 Å². The molecule has 0 aliphatic carbocycles. The maximum Gasteiger partial charge on any atom is 0.410 e. The maximum absolute atomic E-state index is 12.3. The molecule has 1 aliphatic rings. The summed E-state index contributed by atoms with van der Waals surface area (Å²) in [6, 6.07) is 8.99. The Kier molecular flexibility index (Phi) is 4.91. The summed E-state index contributed by atoms with van der Waals surface area (Å²) in [6.45, 7) is 10.0. The van der Waals surface area contributed by atoms with Gasteiger partial charge in [0, 0.05) is 49.2 Å². The van der Waals surface area contributed by atoms with Gasteiger partial charge in [-0.25, -0.2) is 4.79 Å². The molecule has 2 heterocycles. The number of carbonyl (C=O) groups is 1. The van der Waals surface area contributed by atoms with Gasteiger partial charge in [0.05, 0.1) is 5.52 Å². The number of anilines is 1. The smallest absolute Gasteiger partial charge is 0.410 e. The van der Waals surface area contributed by atoms with Gasteiger partial charge in [0.2, 0.25) is 0 Å². The lowest BCUT2D eigenvalue weighted by Crippen LogP contribution is -2.54. The van der Waals surface area contributed by atoms with Crippen molar-refractivity contribution in [1.29, 1.82) is 0 Å². The fourth-order valence-electron chi connectivity index (χ4n) is 3.28. The predicted octanol–water partition coefficient (Wildman–Crippen LogP) is 4.21. The van der Waals surface area contributed by atoms with Gasteiger partial charge in [0.25, 0.3) is 0 Å². The highest BCUT2D eigenvalue weighted by atomic mass is 32.2. The largest absolute Gasteiger partial charge is 0.444 e. The molecular formula is C19H27N3O2S. The van der Waals surface area contributed by atoms with Crippen LogP contribution in [0.2, 0.25) is 0 Å². The zero-order chi connectivity index (χ0) is 18.2. The fourth-order valence-corrected chi connectivity index (χ4v) is 3.82. The highest BCUT2D eigenvalue weighted by Gasteiger charge is 2.30. The molecule has 5 nitrogen and oxygen atoms in total. The van der Waals surface area contributed by atoms with E-state index in [9.17, 15) is 4.79 Å². The number of nitrogens with zero attached hydrogens (tertiary/aromatic N) is 3. The lowest BCUT2D eigenvalue weighted by Gasteiger charge is -2.41. The summed E-state index contributed by atoms with van der Waals surface area (Å²) in [7, 11) is 0. The summed E-state index contributed by atoms with van der Waals surface area (Å²) in [5.74, 6) is 0. The topological polar surface area (TPSA) is 37.7 Å². The number of piperazine rings is 1. The highest BCUT2D eigenvalue weighted by Crippen LogP contribution is 2.28. The van der Waals surface area contributed by atoms with Gasteiger partial charge in [0.1, 0.15) is 5.60 Å². The molecular weight excluding hydrogens is 334 g/mol. The van der Waals surface area contributed by atoms with Crippen LogP contribution >= 0.6 is 11.9 Å². The number of rotatable bonds is 2. The Morgan fingerprint density at radius 2 is 2.00 bits per heavy atom. The van der Waals surface area contributed by atoms with Gasteiger partial charge in [-0.1, -0.05) is 0 Å². The van der Waals surface area contributed by atoms with Gasteiger partial charge in [-0.05, 0) is 63.9 Å². The molecule has 0 N–H and O–H groups in total.